The lowest BCUT2D eigenvalue weighted by molar-refractivity contribution is -0.137. The van der Waals surface area contributed by atoms with Gasteiger partial charge in [-0.25, -0.2) is 0 Å². The van der Waals surface area contributed by atoms with E-state index >= 15 is 0 Å². The smallest absolute Gasteiger partial charge is 0.416 e. The molecule has 2 aromatic rings. The second-order valence-electron chi connectivity index (χ2n) is 8.13. The first-order valence-electron chi connectivity index (χ1n) is 10.5. The van der Waals surface area contributed by atoms with E-state index in [4.69, 9.17) is 14.2 Å². The Hall–Kier alpha value is -2.78. The van der Waals surface area contributed by atoms with Gasteiger partial charge in [0.1, 0.15) is 0 Å². The van der Waals surface area contributed by atoms with Crippen LogP contribution in [0.25, 0.3) is 0 Å². The van der Waals surface area contributed by atoms with E-state index in [9.17, 15) is 18.0 Å². The summed E-state index contributed by atoms with van der Waals surface area (Å²) >= 11 is 0. The molecule has 0 spiro atoms. The molecule has 0 radical (unpaired) electrons. The van der Waals surface area contributed by atoms with Gasteiger partial charge in [-0.15, -0.1) is 0 Å². The van der Waals surface area contributed by atoms with Crippen molar-refractivity contribution in [3.05, 3.63) is 53.6 Å². The Morgan fingerprint density at radius 3 is 2.44 bits per heavy atom. The number of carbonyl (C=O) groups is 1. The van der Waals surface area contributed by atoms with Gasteiger partial charge in [0.2, 0.25) is 12.7 Å². The molecule has 1 saturated heterocycles. The molecule has 172 valence electrons. The number of rotatable bonds is 6. The SMILES string of the molecule is CC(NCC1(c2ccc3c(c2)OCO3)CCOCC1)C(=O)Nc1ccc(C(F)(F)F)cc1. The predicted octanol–water partition coefficient (Wildman–Crippen LogP) is 4.10. The molecule has 32 heavy (non-hydrogen) atoms. The van der Waals surface area contributed by atoms with Crippen LogP contribution in [0.1, 0.15) is 30.9 Å². The van der Waals surface area contributed by atoms with Crippen LogP contribution < -0.4 is 20.1 Å². The number of ether oxygens (including phenoxy) is 3. The third-order valence-corrected chi connectivity index (χ3v) is 6.05. The summed E-state index contributed by atoms with van der Waals surface area (Å²) in [6, 6.07) is 9.76. The summed E-state index contributed by atoms with van der Waals surface area (Å²) < 4.78 is 54.6. The molecule has 0 aromatic heterocycles. The van der Waals surface area contributed by atoms with E-state index in [0.29, 0.717) is 36.9 Å². The van der Waals surface area contributed by atoms with E-state index in [1.54, 1.807) is 6.92 Å². The van der Waals surface area contributed by atoms with Gasteiger partial charge in [0.15, 0.2) is 11.5 Å². The molecule has 4 rings (SSSR count). The molecule has 0 saturated carbocycles. The molecule has 2 N–H and O–H groups in total. The number of anilines is 1. The van der Waals surface area contributed by atoms with Crippen molar-refractivity contribution in [2.45, 2.75) is 37.4 Å². The van der Waals surface area contributed by atoms with Crippen LogP contribution in [0.5, 0.6) is 11.5 Å². The number of halogens is 3. The Bertz CT molecular complexity index is 957. The minimum absolute atomic E-state index is 0.203. The van der Waals surface area contributed by atoms with Crippen LogP contribution in [0.4, 0.5) is 18.9 Å². The topological polar surface area (TPSA) is 68.8 Å². The summed E-state index contributed by atoms with van der Waals surface area (Å²) in [7, 11) is 0. The van der Waals surface area contributed by atoms with Gasteiger partial charge in [-0.2, -0.15) is 13.2 Å². The predicted molar refractivity (Wildman–Crippen MR) is 112 cm³/mol. The first-order chi connectivity index (χ1) is 15.3. The zero-order valence-electron chi connectivity index (χ0n) is 17.6. The van der Waals surface area contributed by atoms with E-state index < -0.39 is 17.8 Å². The number of amides is 1. The van der Waals surface area contributed by atoms with Crippen molar-refractivity contribution in [1.82, 2.24) is 5.32 Å². The molecular formula is C23H25F3N2O4. The van der Waals surface area contributed by atoms with Crippen LogP contribution in [-0.2, 0) is 21.1 Å². The lowest BCUT2D eigenvalue weighted by Gasteiger charge is -2.38. The van der Waals surface area contributed by atoms with Gasteiger partial charge >= 0.3 is 6.18 Å². The molecule has 6 nitrogen and oxygen atoms in total. The molecule has 1 fully saturated rings. The summed E-state index contributed by atoms with van der Waals surface area (Å²) in [5, 5.41) is 5.96. The molecule has 0 aliphatic carbocycles. The minimum Gasteiger partial charge on any atom is -0.454 e. The molecule has 1 amide bonds. The summed E-state index contributed by atoms with van der Waals surface area (Å²) in [5.74, 6) is 1.10. The fourth-order valence-corrected chi connectivity index (χ4v) is 3.99. The van der Waals surface area contributed by atoms with Gasteiger partial charge < -0.3 is 24.8 Å². The Morgan fingerprint density at radius 1 is 1.06 bits per heavy atom. The number of hydrogen-bond donors (Lipinski definition) is 2. The second-order valence-corrected chi connectivity index (χ2v) is 8.13. The Morgan fingerprint density at radius 2 is 1.75 bits per heavy atom. The Kier molecular flexibility index (Phi) is 6.30. The zero-order chi connectivity index (χ0) is 22.8. The summed E-state index contributed by atoms with van der Waals surface area (Å²) in [6.07, 6.45) is -2.84. The monoisotopic (exact) mass is 450 g/mol. The van der Waals surface area contributed by atoms with E-state index in [2.05, 4.69) is 10.6 Å². The van der Waals surface area contributed by atoms with E-state index in [1.165, 1.54) is 12.1 Å². The highest BCUT2D eigenvalue weighted by Crippen LogP contribution is 2.40. The number of nitrogens with one attached hydrogen (secondary N) is 2. The van der Waals surface area contributed by atoms with Gasteiger partial charge in [0, 0.05) is 30.9 Å². The van der Waals surface area contributed by atoms with Crippen LogP contribution in [0, 0.1) is 0 Å². The number of alkyl halides is 3. The van der Waals surface area contributed by atoms with Crippen molar-refractivity contribution >= 4 is 11.6 Å². The van der Waals surface area contributed by atoms with Crippen LogP contribution in [-0.4, -0.2) is 38.5 Å². The Balaban J connectivity index is 1.41. The van der Waals surface area contributed by atoms with Crippen molar-refractivity contribution in [1.29, 1.82) is 0 Å². The second kappa shape index (κ2) is 8.99. The van der Waals surface area contributed by atoms with Gasteiger partial charge in [-0.05, 0) is 61.7 Å². The van der Waals surface area contributed by atoms with E-state index in [-0.39, 0.29) is 18.1 Å². The van der Waals surface area contributed by atoms with Gasteiger partial charge in [0.05, 0.1) is 11.6 Å². The molecule has 0 bridgehead atoms. The first kappa shape index (κ1) is 22.4. The lowest BCUT2D eigenvalue weighted by Crippen LogP contribution is -2.48. The van der Waals surface area contributed by atoms with Crippen LogP contribution in [0.3, 0.4) is 0 Å². The van der Waals surface area contributed by atoms with Gasteiger partial charge in [-0.1, -0.05) is 6.07 Å². The van der Waals surface area contributed by atoms with Crippen molar-refractivity contribution in [2.24, 2.45) is 0 Å². The average Bonchev–Trinajstić information content (AvgIpc) is 3.26. The number of benzene rings is 2. The molecule has 2 heterocycles. The normalized spacial score (nSPS) is 18.2. The lowest BCUT2D eigenvalue weighted by atomic mass is 9.74. The maximum atomic E-state index is 12.7. The van der Waals surface area contributed by atoms with Gasteiger partial charge in [0.25, 0.3) is 0 Å². The molecule has 2 aliphatic rings. The highest BCUT2D eigenvalue weighted by molar-refractivity contribution is 5.94. The van der Waals surface area contributed by atoms with Crippen LogP contribution in [0.2, 0.25) is 0 Å². The van der Waals surface area contributed by atoms with Gasteiger partial charge in [-0.3, -0.25) is 4.79 Å². The molecule has 2 aliphatic heterocycles. The van der Waals surface area contributed by atoms with Crippen molar-refractivity contribution in [3.8, 4) is 11.5 Å². The third-order valence-electron chi connectivity index (χ3n) is 6.05. The molecule has 9 heteroatoms. The third kappa shape index (κ3) is 4.83. The molecular weight excluding hydrogens is 425 g/mol. The number of hydrogen-bond acceptors (Lipinski definition) is 5. The van der Waals surface area contributed by atoms with Crippen molar-refractivity contribution in [3.63, 3.8) is 0 Å². The molecule has 1 atom stereocenters. The van der Waals surface area contributed by atoms with Crippen LogP contribution >= 0.6 is 0 Å². The minimum atomic E-state index is -4.41. The summed E-state index contributed by atoms with van der Waals surface area (Å²) in [5.41, 5.74) is 0.412. The maximum absolute atomic E-state index is 12.7. The Labute approximate surface area is 184 Å². The average molecular weight is 450 g/mol. The maximum Gasteiger partial charge on any atom is 0.416 e. The standard InChI is InChI=1S/C23H25F3N2O4/c1-15(21(29)28-18-5-2-16(3-6-18)23(24,25)26)27-13-22(8-10-30-11-9-22)17-4-7-19-20(12-17)32-14-31-19/h2-7,12,15,27H,8-11,13-14H2,1H3,(H,28,29). The van der Waals surface area contributed by atoms with Crippen molar-refractivity contribution < 1.29 is 32.2 Å². The highest BCUT2D eigenvalue weighted by Gasteiger charge is 2.36. The molecule has 2 aromatic carbocycles. The fraction of sp³-hybridized carbons (Fsp3) is 0.435. The zero-order valence-corrected chi connectivity index (χ0v) is 17.6. The van der Waals surface area contributed by atoms with Crippen LogP contribution in [0.15, 0.2) is 42.5 Å². The fourth-order valence-electron chi connectivity index (χ4n) is 3.99. The van der Waals surface area contributed by atoms with E-state index in [0.717, 1.165) is 30.5 Å². The van der Waals surface area contributed by atoms with E-state index in [1.807, 2.05) is 18.2 Å². The largest absolute Gasteiger partial charge is 0.454 e. The quantitative estimate of drug-likeness (QED) is 0.694. The highest BCUT2D eigenvalue weighted by atomic mass is 19.4. The first-order valence-corrected chi connectivity index (χ1v) is 10.5. The summed E-state index contributed by atoms with van der Waals surface area (Å²) in [6.45, 7) is 3.70. The number of fused-ring (bicyclic) bond motifs is 1. The summed E-state index contributed by atoms with van der Waals surface area (Å²) in [4.78, 5) is 12.6. The molecule has 1 unspecified atom stereocenters. The van der Waals surface area contributed by atoms with Crippen molar-refractivity contribution in [2.75, 3.05) is 31.9 Å². The number of carbonyl (C=O) groups excluding carboxylic acids is 1.